The highest BCUT2D eigenvalue weighted by molar-refractivity contribution is 6.40. The van der Waals surface area contributed by atoms with Gasteiger partial charge >= 0.3 is 11.8 Å². The number of nitrogens with zero attached hydrogens (tertiary/aromatic N) is 1. The Bertz CT molecular complexity index is 870. The third-order valence-electron chi connectivity index (χ3n) is 3.42. The number of hydrogen-bond acceptors (Lipinski definition) is 6. The van der Waals surface area contributed by atoms with Crippen molar-refractivity contribution in [2.75, 3.05) is 26.6 Å². The number of carbonyl (C=O) groups is 2. The average molecular weight is 392 g/mol. The van der Waals surface area contributed by atoms with Crippen molar-refractivity contribution in [1.29, 1.82) is 0 Å². The molecule has 0 saturated heterocycles. The molecule has 2 aromatic rings. The molecule has 0 spiro atoms. The second-order valence-electron chi connectivity index (χ2n) is 5.11. The lowest BCUT2D eigenvalue weighted by atomic mass is 10.2. The SMILES string of the molecule is COc1ccc(OC)c(/C=N/NC(=O)C(=O)Nc2cc(Cl)ccc2OC)c1. The third kappa shape index (κ3) is 5.35. The molecule has 0 aliphatic rings. The van der Waals surface area contributed by atoms with Gasteiger partial charge in [0.15, 0.2) is 0 Å². The summed E-state index contributed by atoms with van der Waals surface area (Å²) >= 11 is 5.89. The minimum Gasteiger partial charge on any atom is -0.497 e. The number of methoxy groups -OCH3 is 3. The van der Waals surface area contributed by atoms with E-state index >= 15 is 0 Å². The van der Waals surface area contributed by atoms with Crippen LogP contribution in [0.15, 0.2) is 41.5 Å². The lowest BCUT2D eigenvalue weighted by Gasteiger charge is -2.09. The summed E-state index contributed by atoms with van der Waals surface area (Å²) in [5, 5.41) is 6.57. The lowest BCUT2D eigenvalue weighted by Crippen LogP contribution is -2.32. The Kier molecular flexibility index (Phi) is 7.01. The molecule has 0 unspecified atom stereocenters. The summed E-state index contributed by atoms with van der Waals surface area (Å²) in [6.45, 7) is 0. The zero-order valence-corrected chi connectivity index (χ0v) is 15.7. The maximum Gasteiger partial charge on any atom is 0.329 e. The van der Waals surface area contributed by atoms with Crippen molar-refractivity contribution < 1.29 is 23.8 Å². The molecule has 2 amide bonds. The standard InChI is InChI=1S/C18H18ClN3O5/c1-25-13-5-7-15(26-2)11(8-13)10-20-22-18(24)17(23)21-14-9-12(19)4-6-16(14)27-3/h4-10H,1-3H3,(H,21,23)(H,22,24)/b20-10+. The van der Waals surface area contributed by atoms with Gasteiger partial charge < -0.3 is 19.5 Å². The van der Waals surface area contributed by atoms with E-state index in [9.17, 15) is 9.59 Å². The first-order valence-electron chi connectivity index (χ1n) is 7.68. The average Bonchev–Trinajstić information content (AvgIpc) is 2.67. The summed E-state index contributed by atoms with van der Waals surface area (Å²) < 4.78 is 15.4. The van der Waals surface area contributed by atoms with E-state index in [0.29, 0.717) is 27.8 Å². The molecule has 0 fully saturated rings. The minimum atomic E-state index is -0.963. The molecule has 2 N–H and O–H groups in total. The van der Waals surface area contributed by atoms with Gasteiger partial charge in [0.2, 0.25) is 0 Å². The second-order valence-corrected chi connectivity index (χ2v) is 5.54. The van der Waals surface area contributed by atoms with Gasteiger partial charge in [-0.1, -0.05) is 11.6 Å². The zero-order valence-electron chi connectivity index (χ0n) is 14.9. The fraction of sp³-hybridized carbons (Fsp3) is 0.167. The number of nitrogens with one attached hydrogen (secondary N) is 2. The molecule has 0 heterocycles. The predicted molar refractivity (Wildman–Crippen MR) is 102 cm³/mol. The van der Waals surface area contributed by atoms with Crippen LogP contribution in [0.3, 0.4) is 0 Å². The quantitative estimate of drug-likeness (QED) is 0.447. The highest BCUT2D eigenvalue weighted by atomic mass is 35.5. The summed E-state index contributed by atoms with van der Waals surface area (Å²) in [7, 11) is 4.47. The molecule has 142 valence electrons. The van der Waals surface area contributed by atoms with E-state index < -0.39 is 11.8 Å². The van der Waals surface area contributed by atoms with Crippen molar-refractivity contribution in [3.05, 3.63) is 47.0 Å². The van der Waals surface area contributed by atoms with Gasteiger partial charge in [-0.05, 0) is 36.4 Å². The van der Waals surface area contributed by atoms with E-state index in [4.69, 9.17) is 25.8 Å². The first-order valence-corrected chi connectivity index (χ1v) is 8.06. The van der Waals surface area contributed by atoms with Crippen LogP contribution in [-0.4, -0.2) is 39.4 Å². The molecule has 0 saturated carbocycles. The van der Waals surface area contributed by atoms with E-state index in [2.05, 4.69) is 15.8 Å². The Hall–Kier alpha value is -3.26. The molecule has 0 aromatic heterocycles. The Morgan fingerprint density at radius 2 is 1.67 bits per heavy atom. The van der Waals surface area contributed by atoms with Crippen LogP contribution in [0.1, 0.15) is 5.56 Å². The molecule has 0 aliphatic heterocycles. The normalized spacial score (nSPS) is 10.4. The van der Waals surface area contributed by atoms with Crippen LogP contribution in [0.5, 0.6) is 17.2 Å². The summed E-state index contributed by atoms with van der Waals surface area (Å²) in [4.78, 5) is 24.0. The van der Waals surface area contributed by atoms with Gasteiger partial charge in [-0.3, -0.25) is 9.59 Å². The third-order valence-corrected chi connectivity index (χ3v) is 3.66. The Balaban J connectivity index is 2.04. The monoisotopic (exact) mass is 391 g/mol. The number of hydrogen-bond donors (Lipinski definition) is 2. The highest BCUT2D eigenvalue weighted by Crippen LogP contribution is 2.27. The number of halogens is 1. The number of carbonyl (C=O) groups excluding carboxylic acids is 2. The van der Waals surface area contributed by atoms with E-state index in [1.165, 1.54) is 33.6 Å². The fourth-order valence-corrected chi connectivity index (χ4v) is 2.28. The Labute approximate surface area is 161 Å². The minimum absolute atomic E-state index is 0.267. The molecule has 0 atom stereocenters. The number of amides is 2. The van der Waals surface area contributed by atoms with Crippen molar-refractivity contribution in [1.82, 2.24) is 5.43 Å². The van der Waals surface area contributed by atoms with Crippen molar-refractivity contribution in [2.45, 2.75) is 0 Å². The van der Waals surface area contributed by atoms with Gasteiger partial charge in [0.1, 0.15) is 17.2 Å². The molecule has 2 rings (SSSR count). The summed E-state index contributed by atoms with van der Waals surface area (Å²) in [5.74, 6) is -0.401. The van der Waals surface area contributed by atoms with Crippen LogP contribution in [0.4, 0.5) is 5.69 Å². The van der Waals surface area contributed by atoms with Crippen molar-refractivity contribution in [3.63, 3.8) is 0 Å². The van der Waals surface area contributed by atoms with Crippen LogP contribution in [-0.2, 0) is 9.59 Å². The fourth-order valence-electron chi connectivity index (χ4n) is 2.11. The summed E-state index contributed by atoms with van der Waals surface area (Å²) in [6, 6.07) is 9.73. The van der Waals surface area contributed by atoms with Gasteiger partial charge in [0, 0.05) is 10.6 Å². The maximum atomic E-state index is 12.0. The largest absolute Gasteiger partial charge is 0.497 e. The zero-order chi connectivity index (χ0) is 19.8. The van der Waals surface area contributed by atoms with E-state index in [1.807, 2.05) is 0 Å². The maximum absolute atomic E-state index is 12.0. The number of rotatable bonds is 6. The van der Waals surface area contributed by atoms with Gasteiger partial charge in [-0.25, -0.2) is 5.43 Å². The Morgan fingerprint density at radius 1 is 0.963 bits per heavy atom. The second kappa shape index (κ2) is 9.44. The van der Waals surface area contributed by atoms with Gasteiger partial charge in [-0.15, -0.1) is 0 Å². The van der Waals surface area contributed by atoms with Crippen LogP contribution >= 0.6 is 11.6 Å². The van der Waals surface area contributed by atoms with Crippen molar-refractivity contribution in [3.8, 4) is 17.2 Å². The summed E-state index contributed by atoms with van der Waals surface area (Å²) in [5.41, 5.74) is 2.97. The van der Waals surface area contributed by atoms with E-state index in [-0.39, 0.29) is 5.69 Å². The van der Waals surface area contributed by atoms with Gasteiger partial charge in [0.05, 0.1) is 33.2 Å². The lowest BCUT2D eigenvalue weighted by molar-refractivity contribution is -0.136. The van der Waals surface area contributed by atoms with Crippen LogP contribution in [0.2, 0.25) is 5.02 Å². The molecule has 2 aromatic carbocycles. The number of hydrazone groups is 1. The van der Waals surface area contributed by atoms with E-state index in [1.54, 1.807) is 30.3 Å². The molecular weight excluding hydrogens is 374 g/mol. The topological polar surface area (TPSA) is 98.3 Å². The van der Waals surface area contributed by atoms with Gasteiger partial charge in [0.25, 0.3) is 0 Å². The summed E-state index contributed by atoms with van der Waals surface area (Å²) in [6.07, 6.45) is 1.34. The molecule has 8 nitrogen and oxygen atoms in total. The van der Waals surface area contributed by atoms with Gasteiger partial charge in [-0.2, -0.15) is 5.10 Å². The van der Waals surface area contributed by atoms with Crippen LogP contribution in [0, 0.1) is 0 Å². The molecule has 0 radical (unpaired) electrons. The van der Waals surface area contributed by atoms with Crippen molar-refractivity contribution >= 4 is 35.3 Å². The number of ether oxygens (including phenoxy) is 3. The molecule has 27 heavy (non-hydrogen) atoms. The predicted octanol–water partition coefficient (Wildman–Crippen LogP) is 2.45. The van der Waals surface area contributed by atoms with Crippen LogP contribution in [0.25, 0.3) is 0 Å². The number of anilines is 1. The molecule has 0 aliphatic carbocycles. The molecule has 9 heteroatoms. The van der Waals surface area contributed by atoms with Crippen LogP contribution < -0.4 is 25.0 Å². The highest BCUT2D eigenvalue weighted by Gasteiger charge is 2.15. The number of benzene rings is 2. The van der Waals surface area contributed by atoms with Crippen molar-refractivity contribution in [2.24, 2.45) is 5.10 Å². The first kappa shape index (κ1) is 20.1. The Morgan fingerprint density at radius 3 is 2.33 bits per heavy atom. The molecular formula is C18H18ClN3O5. The smallest absolute Gasteiger partial charge is 0.329 e. The first-order chi connectivity index (χ1) is 13.0. The molecule has 0 bridgehead atoms. The van der Waals surface area contributed by atoms with E-state index in [0.717, 1.165) is 0 Å².